The van der Waals surface area contributed by atoms with Gasteiger partial charge in [-0.2, -0.15) is 0 Å². The number of hydrogen-bond donors (Lipinski definition) is 0. The highest BCUT2D eigenvalue weighted by molar-refractivity contribution is 5.84. The molecule has 0 aliphatic carbocycles. The number of carbonyl (C=O) groups excluding carboxylic acids is 3. The Balaban J connectivity index is 2.32. The molecule has 1 saturated heterocycles. The van der Waals surface area contributed by atoms with Crippen molar-refractivity contribution < 1.29 is 14.4 Å². The van der Waals surface area contributed by atoms with Crippen LogP contribution in [0.2, 0.25) is 0 Å². The summed E-state index contributed by atoms with van der Waals surface area (Å²) in [6, 6.07) is 0. The van der Waals surface area contributed by atoms with Gasteiger partial charge in [0.05, 0.1) is 0 Å². The van der Waals surface area contributed by atoms with E-state index in [0.29, 0.717) is 39.0 Å². The number of piperazine rings is 1. The molecule has 102 valence electrons. The molecule has 2 amide bonds. The van der Waals surface area contributed by atoms with Crippen LogP contribution in [0.15, 0.2) is 0 Å². The fourth-order valence-corrected chi connectivity index (χ4v) is 2.02. The highest BCUT2D eigenvalue weighted by Crippen LogP contribution is 2.07. The zero-order valence-corrected chi connectivity index (χ0v) is 11.3. The third kappa shape index (κ3) is 4.47. The summed E-state index contributed by atoms with van der Waals surface area (Å²) in [5.41, 5.74) is 0. The predicted molar refractivity (Wildman–Crippen MR) is 68.0 cm³/mol. The maximum absolute atomic E-state index is 11.8. The number of amides is 2. The van der Waals surface area contributed by atoms with Crippen molar-refractivity contribution in [1.82, 2.24) is 9.80 Å². The largest absolute Gasteiger partial charge is 0.339 e. The molecular weight excluding hydrogens is 232 g/mol. The molecule has 0 N–H and O–H groups in total. The summed E-state index contributed by atoms with van der Waals surface area (Å²) < 4.78 is 0. The second-order valence-corrected chi connectivity index (χ2v) is 4.71. The highest BCUT2D eigenvalue weighted by Gasteiger charge is 2.23. The molecule has 18 heavy (non-hydrogen) atoms. The van der Waals surface area contributed by atoms with Crippen molar-refractivity contribution in [2.75, 3.05) is 26.2 Å². The first kappa shape index (κ1) is 14.7. The lowest BCUT2D eigenvalue weighted by molar-refractivity contribution is -0.140. The second kappa shape index (κ2) is 7.13. The average molecular weight is 254 g/mol. The first-order chi connectivity index (χ1) is 8.54. The molecule has 0 aromatic carbocycles. The summed E-state index contributed by atoms with van der Waals surface area (Å²) in [4.78, 5) is 37.8. The van der Waals surface area contributed by atoms with E-state index in [1.165, 1.54) is 6.92 Å². The average Bonchev–Trinajstić information content (AvgIpc) is 2.36. The Labute approximate surface area is 108 Å². The molecule has 0 radical (unpaired) electrons. The molecule has 1 heterocycles. The summed E-state index contributed by atoms with van der Waals surface area (Å²) in [6.07, 6.45) is 2.04. The Bertz CT molecular complexity index is 320. The zero-order valence-electron chi connectivity index (χ0n) is 11.3. The van der Waals surface area contributed by atoms with Crippen molar-refractivity contribution in [1.29, 1.82) is 0 Å². The van der Waals surface area contributed by atoms with Crippen LogP contribution in [0.3, 0.4) is 0 Å². The number of ketones is 1. The lowest BCUT2D eigenvalue weighted by Gasteiger charge is -2.34. The van der Waals surface area contributed by atoms with Gasteiger partial charge in [-0.3, -0.25) is 9.59 Å². The SMILES string of the molecule is CCCC(=O)N1CCN(C(=O)CCC(C)=O)CC1. The van der Waals surface area contributed by atoms with Crippen LogP contribution in [0.1, 0.15) is 39.5 Å². The molecule has 0 saturated carbocycles. The van der Waals surface area contributed by atoms with Crippen LogP contribution in [0.4, 0.5) is 0 Å². The Morgan fingerprint density at radius 3 is 1.67 bits per heavy atom. The van der Waals surface area contributed by atoms with E-state index in [2.05, 4.69) is 0 Å². The summed E-state index contributed by atoms with van der Waals surface area (Å²) in [5, 5.41) is 0. The maximum atomic E-state index is 11.8. The van der Waals surface area contributed by atoms with Crippen molar-refractivity contribution >= 4 is 17.6 Å². The van der Waals surface area contributed by atoms with E-state index in [1.807, 2.05) is 11.8 Å². The van der Waals surface area contributed by atoms with E-state index >= 15 is 0 Å². The first-order valence-corrected chi connectivity index (χ1v) is 6.59. The molecule has 0 aromatic heterocycles. The number of Topliss-reactive ketones (excluding diaryl/α,β-unsaturated/α-hetero) is 1. The molecule has 0 unspecified atom stereocenters. The molecule has 1 fully saturated rings. The summed E-state index contributed by atoms with van der Waals surface area (Å²) in [7, 11) is 0. The van der Waals surface area contributed by atoms with Crippen molar-refractivity contribution in [2.24, 2.45) is 0 Å². The van der Waals surface area contributed by atoms with E-state index in [4.69, 9.17) is 0 Å². The molecule has 0 bridgehead atoms. The van der Waals surface area contributed by atoms with Crippen LogP contribution in [0.25, 0.3) is 0 Å². The van der Waals surface area contributed by atoms with Crippen molar-refractivity contribution in [3.8, 4) is 0 Å². The van der Waals surface area contributed by atoms with Gasteiger partial charge in [-0.15, -0.1) is 0 Å². The minimum absolute atomic E-state index is 0.0211. The van der Waals surface area contributed by atoms with Gasteiger partial charge in [0, 0.05) is 45.4 Å². The fourth-order valence-electron chi connectivity index (χ4n) is 2.02. The smallest absolute Gasteiger partial charge is 0.223 e. The third-order valence-electron chi connectivity index (χ3n) is 3.14. The van der Waals surface area contributed by atoms with E-state index < -0.39 is 0 Å². The molecule has 5 heteroatoms. The van der Waals surface area contributed by atoms with Gasteiger partial charge in [-0.1, -0.05) is 6.92 Å². The molecule has 1 rings (SSSR count). The summed E-state index contributed by atoms with van der Waals surface area (Å²) >= 11 is 0. The third-order valence-corrected chi connectivity index (χ3v) is 3.14. The van der Waals surface area contributed by atoms with Gasteiger partial charge in [0.25, 0.3) is 0 Å². The van der Waals surface area contributed by atoms with Gasteiger partial charge in [-0.25, -0.2) is 0 Å². The Morgan fingerprint density at radius 2 is 1.28 bits per heavy atom. The standard InChI is InChI=1S/C13H22N2O3/c1-3-4-12(17)14-7-9-15(10-8-14)13(18)6-5-11(2)16/h3-10H2,1-2H3. The molecular formula is C13H22N2O3. The minimum atomic E-state index is 0.0211. The quantitative estimate of drug-likeness (QED) is 0.730. The van der Waals surface area contributed by atoms with E-state index in [0.717, 1.165) is 6.42 Å². The minimum Gasteiger partial charge on any atom is -0.339 e. The lowest BCUT2D eigenvalue weighted by Crippen LogP contribution is -2.50. The maximum Gasteiger partial charge on any atom is 0.223 e. The summed E-state index contributed by atoms with van der Waals surface area (Å²) in [6.45, 7) is 5.89. The van der Waals surface area contributed by atoms with Crippen LogP contribution < -0.4 is 0 Å². The number of nitrogens with zero attached hydrogens (tertiary/aromatic N) is 2. The number of hydrogen-bond acceptors (Lipinski definition) is 3. The fraction of sp³-hybridized carbons (Fsp3) is 0.769. The van der Waals surface area contributed by atoms with Crippen molar-refractivity contribution in [2.45, 2.75) is 39.5 Å². The molecule has 0 spiro atoms. The predicted octanol–water partition coefficient (Wildman–Crippen LogP) is 0.826. The van der Waals surface area contributed by atoms with Crippen LogP contribution in [0, 0.1) is 0 Å². The molecule has 1 aliphatic heterocycles. The molecule has 1 aliphatic rings. The lowest BCUT2D eigenvalue weighted by atomic mass is 10.2. The van der Waals surface area contributed by atoms with Crippen molar-refractivity contribution in [3.05, 3.63) is 0 Å². The van der Waals surface area contributed by atoms with E-state index in [9.17, 15) is 14.4 Å². The normalized spacial score (nSPS) is 15.7. The summed E-state index contributed by atoms with van der Waals surface area (Å²) in [5.74, 6) is 0.237. The van der Waals surface area contributed by atoms with Gasteiger partial charge in [0.15, 0.2) is 0 Å². The Hall–Kier alpha value is -1.39. The first-order valence-electron chi connectivity index (χ1n) is 6.59. The van der Waals surface area contributed by atoms with Crippen molar-refractivity contribution in [3.63, 3.8) is 0 Å². The Kier molecular flexibility index (Phi) is 5.82. The van der Waals surface area contributed by atoms with Crippen LogP contribution >= 0.6 is 0 Å². The van der Waals surface area contributed by atoms with E-state index in [-0.39, 0.29) is 24.0 Å². The van der Waals surface area contributed by atoms with Crippen LogP contribution in [-0.2, 0) is 14.4 Å². The topological polar surface area (TPSA) is 57.7 Å². The van der Waals surface area contributed by atoms with Gasteiger partial charge in [0.1, 0.15) is 5.78 Å². The van der Waals surface area contributed by atoms with Gasteiger partial charge >= 0.3 is 0 Å². The molecule has 5 nitrogen and oxygen atoms in total. The van der Waals surface area contributed by atoms with Crippen LogP contribution in [-0.4, -0.2) is 53.6 Å². The Morgan fingerprint density at radius 1 is 0.833 bits per heavy atom. The second-order valence-electron chi connectivity index (χ2n) is 4.71. The molecule has 0 atom stereocenters. The highest BCUT2D eigenvalue weighted by atomic mass is 16.2. The van der Waals surface area contributed by atoms with Gasteiger partial charge < -0.3 is 14.6 Å². The van der Waals surface area contributed by atoms with Gasteiger partial charge in [0.2, 0.25) is 11.8 Å². The monoisotopic (exact) mass is 254 g/mol. The number of carbonyl (C=O) groups is 3. The zero-order chi connectivity index (χ0) is 13.5. The van der Waals surface area contributed by atoms with Crippen LogP contribution in [0.5, 0.6) is 0 Å². The van der Waals surface area contributed by atoms with Gasteiger partial charge in [-0.05, 0) is 13.3 Å². The van der Waals surface area contributed by atoms with E-state index in [1.54, 1.807) is 4.90 Å². The molecule has 0 aromatic rings. The number of rotatable bonds is 5.